The molecule has 1 aromatic heterocycles. The first-order valence-corrected chi connectivity index (χ1v) is 5.09. The molecule has 1 heterocycles. The monoisotopic (exact) mass is 203 g/mol. The summed E-state index contributed by atoms with van der Waals surface area (Å²) in [6, 6.07) is 0. The molecular formula is C11H9NOS. The van der Waals surface area contributed by atoms with Crippen molar-refractivity contribution in [3.8, 4) is 0 Å². The highest BCUT2D eigenvalue weighted by Gasteiger charge is 2.04. The van der Waals surface area contributed by atoms with Crippen molar-refractivity contribution in [3.05, 3.63) is 45.0 Å². The molecule has 0 bridgehead atoms. The van der Waals surface area contributed by atoms with Crippen LogP contribution in [0, 0.1) is 0 Å². The fourth-order valence-electron chi connectivity index (χ4n) is 1.30. The van der Waals surface area contributed by atoms with E-state index in [1.807, 2.05) is 36.5 Å². The Morgan fingerprint density at radius 1 is 1.14 bits per heavy atom. The molecule has 0 aromatic carbocycles. The molecule has 0 saturated heterocycles. The van der Waals surface area contributed by atoms with Gasteiger partial charge in [-0.15, -0.1) is 11.3 Å². The summed E-state index contributed by atoms with van der Waals surface area (Å²) in [7, 11) is 0. The lowest BCUT2D eigenvalue weighted by Gasteiger charge is -1.88. The number of amides is 1. The van der Waals surface area contributed by atoms with Crippen LogP contribution in [0.25, 0.3) is 12.2 Å². The lowest BCUT2D eigenvalue weighted by atomic mass is 10.2. The average molecular weight is 203 g/mol. The van der Waals surface area contributed by atoms with Gasteiger partial charge >= 0.3 is 0 Å². The lowest BCUT2D eigenvalue weighted by Crippen LogP contribution is -2.27. The molecule has 0 unspecified atom stereocenters. The van der Waals surface area contributed by atoms with Crippen molar-refractivity contribution >= 4 is 29.4 Å². The predicted molar refractivity (Wildman–Crippen MR) is 59.3 cm³/mol. The number of hydrogen-bond acceptors (Lipinski definition) is 2. The van der Waals surface area contributed by atoms with Crippen LogP contribution in [0.3, 0.4) is 0 Å². The zero-order valence-electron chi connectivity index (χ0n) is 7.44. The SMILES string of the molecule is NC(=O)c1csc2/c1=C\C=C/C=C\C=2. The quantitative estimate of drug-likeness (QED) is 0.711. The fraction of sp³-hybridized carbons (Fsp3) is 0. The lowest BCUT2D eigenvalue weighted by molar-refractivity contribution is 0.1000. The van der Waals surface area contributed by atoms with E-state index in [-0.39, 0.29) is 5.91 Å². The molecule has 14 heavy (non-hydrogen) atoms. The van der Waals surface area contributed by atoms with Crippen molar-refractivity contribution in [2.75, 3.05) is 0 Å². The summed E-state index contributed by atoms with van der Waals surface area (Å²) in [5, 5.41) is 2.72. The first-order chi connectivity index (χ1) is 6.79. The van der Waals surface area contributed by atoms with Gasteiger partial charge in [0.2, 0.25) is 5.91 Å². The molecule has 1 aliphatic carbocycles. The van der Waals surface area contributed by atoms with Gasteiger partial charge in [0.05, 0.1) is 5.56 Å². The predicted octanol–water partition coefficient (Wildman–Crippen LogP) is 0.534. The molecule has 70 valence electrons. The second kappa shape index (κ2) is 3.64. The Kier molecular flexibility index (Phi) is 2.33. The van der Waals surface area contributed by atoms with Crippen LogP contribution in [0.1, 0.15) is 10.4 Å². The molecule has 1 aliphatic rings. The van der Waals surface area contributed by atoms with Gasteiger partial charge in [-0.25, -0.2) is 0 Å². The zero-order chi connectivity index (χ0) is 9.97. The molecule has 2 N–H and O–H groups in total. The summed E-state index contributed by atoms with van der Waals surface area (Å²) in [5.41, 5.74) is 5.86. The van der Waals surface area contributed by atoms with Gasteiger partial charge in [-0.1, -0.05) is 30.4 Å². The van der Waals surface area contributed by atoms with E-state index in [0.29, 0.717) is 5.56 Å². The summed E-state index contributed by atoms with van der Waals surface area (Å²) >= 11 is 1.53. The van der Waals surface area contributed by atoms with Gasteiger partial charge in [0.1, 0.15) is 0 Å². The van der Waals surface area contributed by atoms with Crippen LogP contribution >= 0.6 is 11.3 Å². The number of allylic oxidation sites excluding steroid dienone is 4. The van der Waals surface area contributed by atoms with Crippen LogP contribution in [0.2, 0.25) is 0 Å². The highest BCUT2D eigenvalue weighted by Crippen LogP contribution is 1.95. The van der Waals surface area contributed by atoms with E-state index in [2.05, 4.69) is 0 Å². The maximum absolute atomic E-state index is 11.1. The Balaban J connectivity index is 2.79. The molecule has 0 radical (unpaired) electrons. The molecular weight excluding hydrogens is 194 g/mol. The molecule has 0 fully saturated rings. The second-order valence-corrected chi connectivity index (χ2v) is 3.81. The van der Waals surface area contributed by atoms with Gasteiger partial charge in [0, 0.05) is 15.1 Å². The normalized spacial score (nSPS) is 22.9. The van der Waals surface area contributed by atoms with Crippen LogP contribution in [0.5, 0.6) is 0 Å². The van der Waals surface area contributed by atoms with Crippen molar-refractivity contribution in [3.63, 3.8) is 0 Å². The molecule has 0 spiro atoms. The average Bonchev–Trinajstić information content (AvgIpc) is 2.47. The maximum Gasteiger partial charge on any atom is 0.250 e. The third-order valence-corrected chi connectivity index (χ3v) is 2.93. The van der Waals surface area contributed by atoms with Crippen molar-refractivity contribution in [1.82, 2.24) is 0 Å². The molecule has 1 aromatic rings. The van der Waals surface area contributed by atoms with E-state index in [9.17, 15) is 4.79 Å². The number of thiophene rings is 1. The molecule has 1 amide bonds. The number of fused-ring (bicyclic) bond motifs is 1. The summed E-state index contributed by atoms with van der Waals surface area (Å²) in [6.07, 6.45) is 11.6. The third kappa shape index (κ3) is 1.54. The molecule has 0 aliphatic heterocycles. The van der Waals surface area contributed by atoms with Gasteiger partial charge < -0.3 is 5.73 Å². The zero-order valence-corrected chi connectivity index (χ0v) is 8.25. The molecule has 2 nitrogen and oxygen atoms in total. The Bertz CT molecular complexity index is 534. The van der Waals surface area contributed by atoms with Crippen LogP contribution in [0.15, 0.2) is 29.7 Å². The summed E-state index contributed by atoms with van der Waals surface area (Å²) < 4.78 is 1.07. The number of hydrogen-bond donors (Lipinski definition) is 1. The van der Waals surface area contributed by atoms with Crippen molar-refractivity contribution in [2.45, 2.75) is 0 Å². The molecule has 0 atom stereocenters. The number of nitrogens with two attached hydrogens (primary N) is 1. The van der Waals surface area contributed by atoms with Gasteiger partial charge in [-0.3, -0.25) is 4.79 Å². The van der Waals surface area contributed by atoms with Crippen molar-refractivity contribution in [1.29, 1.82) is 0 Å². The number of carbonyl (C=O) groups is 1. The van der Waals surface area contributed by atoms with E-state index >= 15 is 0 Å². The van der Waals surface area contributed by atoms with Crippen LogP contribution in [-0.2, 0) is 0 Å². The molecule has 2 rings (SSSR count). The van der Waals surface area contributed by atoms with Crippen molar-refractivity contribution in [2.24, 2.45) is 5.73 Å². The number of primary amides is 1. The van der Waals surface area contributed by atoms with E-state index in [0.717, 1.165) is 9.75 Å². The van der Waals surface area contributed by atoms with Gasteiger partial charge in [0.25, 0.3) is 0 Å². The minimum Gasteiger partial charge on any atom is -0.366 e. The third-order valence-electron chi connectivity index (χ3n) is 1.97. The standard InChI is InChI=1S/C11H9NOS/c12-11(13)9-7-14-10-6-4-2-1-3-5-8(9)10/h1-7H,(H2,12,13)/b2-1?,3-1-,4-2-,5-3?,6-4?,8-5-,10-6+. The second-order valence-electron chi connectivity index (χ2n) is 2.89. The first-order valence-electron chi connectivity index (χ1n) is 4.22. The van der Waals surface area contributed by atoms with E-state index in [1.54, 1.807) is 5.38 Å². The summed E-state index contributed by atoms with van der Waals surface area (Å²) in [4.78, 5) is 11.1. The fourth-order valence-corrected chi connectivity index (χ4v) is 2.25. The first kappa shape index (κ1) is 8.97. The Morgan fingerprint density at radius 3 is 2.57 bits per heavy atom. The minimum absolute atomic E-state index is 0.370. The Labute approximate surface area is 85.4 Å². The van der Waals surface area contributed by atoms with Crippen LogP contribution < -0.4 is 15.5 Å². The molecule has 0 saturated carbocycles. The van der Waals surface area contributed by atoms with E-state index in [1.165, 1.54) is 11.3 Å². The largest absolute Gasteiger partial charge is 0.366 e. The Morgan fingerprint density at radius 2 is 1.86 bits per heavy atom. The summed E-state index contributed by atoms with van der Waals surface area (Å²) in [6.45, 7) is 0. The minimum atomic E-state index is -0.370. The van der Waals surface area contributed by atoms with E-state index < -0.39 is 0 Å². The molecule has 3 heteroatoms. The van der Waals surface area contributed by atoms with Gasteiger partial charge in [-0.05, 0) is 6.08 Å². The van der Waals surface area contributed by atoms with Crippen LogP contribution in [0.4, 0.5) is 0 Å². The number of rotatable bonds is 1. The van der Waals surface area contributed by atoms with Gasteiger partial charge in [0.15, 0.2) is 0 Å². The highest BCUT2D eigenvalue weighted by atomic mass is 32.1. The highest BCUT2D eigenvalue weighted by molar-refractivity contribution is 7.08. The van der Waals surface area contributed by atoms with E-state index in [4.69, 9.17) is 5.73 Å². The Hall–Kier alpha value is -1.61. The van der Waals surface area contributed by atoms with Crippen LogP contribution in [-0.4, -0.2) is 5.91 Å². The maximum atomic E-state index is 11.1. The van der Waals surface area contributed by atoms with Crippen molar-refractivity contribution < 1.29 is 4.79 Å². The van der Waals surface area contributed by atoms with Gasteiger partial charge in [-0.2, -0.15) is 0 Å². The number of carbonyl (C=O) groups excluding carboxylic acids is 1. The smallest absolute Gasteiger partial charge is 0.250 e. The summed E-state index contributed by atoms with van der Waals surface area (Å²) in [5.74, 6) is -0.370. The topological polar surface area (TPSA) is 43.1 Å².